The molecule has 3 rings (SSSR count). The summed E-state index contributed by atoms with van der Waals surface area (Å²) >= 11 is 1.08. The maximum absolute atomic E-state index is 12.1. The van der Waals surface area contributed by atoms with Crippen molar-refractivity contribution in [1.82, 2.24) is 9.59 Å². The Kier molecular flexibility index (Phi) is 4.49. The van der Waals surface area contributed by atoms with Crippen molar-refractivity contribution in [2.75, 3.05) is 5.32 Å². The van der Waals surface area contributed by atoms with Gasteiger partial charge in [-0.05, 0) is 54.9 Å². The molecule has 23 heavy (non-hydrogen) atoms. The number of aromatic nitrogens is 2. The van der Waals surface area contributed by atoms with Gasteiger partial charge in [0.1, 0.15) is 4.88 Å². The van der Waals surface area contributed by atoms with Crippen LogP contribution in [0.2, 0.25) is 0 Å². The fourth-order valence-corrected chi connectivity index (χ4v) is 2.40. The molecule has 3 aromatic rings. The van der Waals surface area contributed by atoms with E-state index in [0.29, 0.717) is 21.9 Å². The molecular weight excluding hydrogens is 310 g/mol. The van der Waals surface area contributed by atoms with Crippen molar-refractivity contribution in [2.24, 2.45) is 10.2 Å². The first-order chi connectivity index (χ1) is 11.2. The lowest BCUT2D eigenvalue weighted by Crippen LogP contribution is -2.11. The van der Waals surface area contributed by atoms with Gasteiger partial charge in [-0.1, -0.05) is 22.7 Å². The number of anilines is 1. The first kappa shape index (κ1) is 15.0. The largest absolute Gasteiger partial charge is 0.321 e. The summed E-state index contributed by atoms with van der Waals surface area (Å²) in [4.78, 5) is 12.6. The van der Waals surface area contributed by atoms with Gasteiger partial charge in [-0.15, -0.1) is 5.10 Å². The van der Waals surface area contributed by atoms with Crippen molar-refractivity contribution in [2.45, 2.75) is 6.92 Å². The van der Waals surface area contributed by atoms with E-state index in [4.69, 9.17) is 0 Å². The molecule has 0 saturated heterocycles. The Labute approximate surface area is 137 Å². The van der Waals surface area contributed by atoms with E-state index in [2.05, 4.69) is 25.1 Å². The van der Waals surface area contributed by atoms with Gasteiger partial charge in [0.05, 0.1) is 17.1 Å². The molecule has 6 nitrogen and oxygen atoms in total. The number of amides is 1. The topological polar surface area (TPSA) is 79.6 Å². The molecule has 0 unspecified atom stereocenters. The van der Waals surface area contributed by atoms with E-state index in [1.54, 1.807) is 31.2 Å². The summed E-state index contributed by atoms with van der Waals surface area (Å²) in [6.07, 6.45) is 0. The predicted molar refractivity (Wildman–Crippen MR) is 89.7 cm³/mol. The molecule has 1 amide bonds. The van der Waals surface area contributed by atoms with Crippen molar-refractivity contribution < 1.29 is 4.79 Å². The Bertz CT molecular complexity index is 827. The third kappa shape index (κ3) is 3.83. The molecule has 0 bridgehead atoms. The third-order valence-electron chi connectivity index (χ3n) is 3.02. The van der Waals surface area contributed by atoms with Crippen molar-refractivity contribution >= 4 is 34.5 Å². The van der Waals surface area contributed by atoms with Crippen molar-refractivity contribution in [3.05, 3.63) is 65.2 Å². The zero-order valence-electron chi connectivity index (χ0n) is 12.3. The minimum atomic E-state index is -0.212. The number of carbonyl (C=O) groups is 1. The van der Waals surface area contributed by atoms with Crippen LogP contribution < -0.4 is 5.32 Å². The van der Waals surface area contributed by atoms with Gasteiger partial charge < -0.3 is 5.32 Å². The molecule has 2 aromatic carbocycles. The Morgan fingerprint density at radius 3 is 2.26 bits per heavy atom. The molecule has 1 aromatic heterocycles. The Morgan fingerprint density at radius 1 is 1.00 bits per heavy atom. The number of rotatable bonds is 4. The van der Waals surface area contributed by atoms with E-state index < -0.39 is 0 Å². The van der Waals surface area contributed by atoms with Crippen LogP contribution in [0.1, 0.15) is 15.4 Å². The number of hydrogen-bond acceptors (Lipinski definition) is 6. The van der Waals surface area contributed by atoms with Crippen LogP contribution in [0.4, 0.5) is 17.1 Å². The zero-order chi connectivity index (χ0) is 16.1. The van der Waals surface area contributed by atoms with Gasteiger partial charge in [0, 0.05) is 5.69 Å². The number of benzene rings is 2. The summed E-state index contributed by atoms with van der Waals surface area (Å²) in [5.74, 6) is -0.212. The highest BCUT2D eigenvalue weighted by Crippen LogP contribution is 2.21. The summed E-state index contributed by atoms with van der Waals surface area (Å²) in [7, 11) is 0. The van der Waals surface area contributed by atoms with Gasteiger partial charge in [-0.25, -0.2) is 0 Å². The van der Waals surface area contributed by atoms with Crippen LogP contribution in [0.5, 0.6) is 0 Å². The smallest absolute Gasteiger partial charge is 0.269 e. The highest BCUT2D eigenvalue weighted by atomic mass is 32.1. The molecule has 1 heterocycles. The molecule has 0 aliphatic carbocycles. The average molecular weight is 323 g/mol. The Hall–Kier alpha value is -2.93. The maximum Gasteiger partial charge on any atom is 0.269 e. The molecule has 0 saturated carbocycles. The van der Waals surface area contributed by atoms with Gasteiger partial charge in [0.2, 0.25) is 0 Å². The van der Waals surface area contributed by atoms with Gasteiger partial charge in [0.15, 0.2) is 0 Å². The van der Waals surface area contributed by atoms with Crippen LogP contribution in [-0.4, -0.2) is 15.5 Å². The first-order valence-corrected chi connectivity index (χ1v) is 7.67. The van der Waals surface area contributed by atoms with E-state index in [1.807, 2.05) is 30.3 Å². The number of hydrogen-bond donors (Lipinski definition) is 1. The fraction of sp³-hybridized carbons (Fsp3) is 0.0625. The van der Waals surface area contributed by atoms with Gasteiger partial charge >= 0.3 is 0 Å². The van der Waals surface area contributed by atoms with E-state index in [1.165, 1.54) is 0 Å². The van der Waals surface area contributed by atoms with Gasteiger partial charge in [0.25, 0.3) is 5.91 Å². The normalized spacial score (nSPS) is 10.8. The van der Waals surface area contributed by atoms with Crippen LogP contribution in [-0.2, 0) is 0 Å². The average Bonchev–Trinajstić information content (AvgIpc) is 3.01. The van der Waals surface area contributed by atoms with Crippen LogP contribution in [0.3, 0.4) is 0 Å². The summed E-state index contributed by atoms with van der Waals surface area (Å²) in [6.45, 7) is 1.76. The zero-order valence-corrected chi connectivity index (χ0v) is 13.1. The number of aryl methyl sites for hydroxylation is 1. The Morgan fingerprint density at radius 2 is 1.65 bits per heavy atom. The molecule has 0 fully saturated rings. The van der Waals surface area contributed by atoms with E-state index in [-0.39, 0.29) is 5.91 Å². The lowest BCUT2D eigenvalue weighted by atomic mass is 10.2. The van der Waals surface area contributed by atoms with Crippen molar-refractivity contribution in [3.63, 3.8) is 0 Å². The first-order valence-electron chi connectivity index (χ1n) is 6.89. The van der Waals surface area contributed by atoms with E-state index >= 15 is 0 Å². The summed E-state index contributed by atoms with van der Waals surface area (Å²) in [6, 6.07) is 16.6. The van der Waals surface area contributed by atoms with Crippen molar-refractivity contribution in [3.8, 4) is 0 Å². The summed E-state index contributed by atoms with van der Waals surface area (Å²) in [5.41, 5.74) is 2.81. The van der Waals surface area contributed by atoms with Crippen LogP contribution in [0, 0.1) is 6.92 Å². The molecule has 114 valence electrons. The number of nitrogens with one attached hydrogen (secondary N) is 1. The molecule has 0 radical (unpaired) electrons. The monoisotopic (exact) mass is 323 g/mol. The highest BCUT2D eigenvalue weighted by Gasteiger charge is 2.12. The molecule has 0 spiro atoms. The molecule has 0 atom stereocenters. The lowest BCUT2D eigenvalue weighted by molar-refractivity contribution is 0.103. The molecule has 0 aliphatic rings. The minimum absolute atomic E-state index is 0.212. The minimum Gasteiger partial charge on any atom is -0.321 e. The lowest BCUT2D eigenvalue weighted by Gasteiger charge is -2.03. The highest BCUT2D eigenvalue weighted by molar-refractivity contribution is 7.08. The molecular formula is C16H13N5OS. The third-order valence-corrected chi connectivity index (χ3v) is 3.85. The van der Waals surface area contributed by atoms with Gasteiger partial charge in [-0.2, -0.15) is 10.2 Å². The standard InChI is InChI=1S/C16H13N5OS/c1-11-15(23-21-18-11)16(22)17-12-7-9-14(10-8-12)20-19-13-5-3-2-4-6-13/h2-10H,1H3,(H,17,22). The Balaban J connectivity index is 1.67. The van der Waals surface area contributed by atoms with Crippen molar-refractivity contribution in [1.29, 1.82) is 0 Å². The second-order valence-electron chi connectivity index (χ2n) is 4.72. The second kappa shape index (κ2) is 6.89. The van der Waals surface area contributed by atoms with Crippen LogP contribution >= 0.6 is 11.5 Å². The SMILES string of the molecule is Cc1nnsc1C(=O)Nc1ccc(N=Nc2ccccc2)cc1. The van der Waals surface area contributed by atoms with Crippen LogP contribution in [0.15, 0.2) is 64.8 Å². The molecule has 0 aliphatic heterocycles. The second-order valence-corrected chi connectivity index (χ2v) is 5.48. The molecule has 1 N–H and O–H groups in total. The quantitative estimate of drug-likeness (QED) is 0.717. The number of azo groups is 1. The predicted octanol–water partition coefficient (Wildman–Crippen LogP) is 4.51. The van der Waals surface area contributed by atoms with E-state index in [0.717, 1.165) is 17.2 Å². The summed E-state index contributed by atoms with van der Waals surface area (Å²) in [5, 5.41) is 14.9. The summed E-state index contributed by atoms with van der Waals surface area (Å²) < 4.78 is 3.76. The van der Waals surface area contributed by atoms with Crippen LogP contribution in [0.25, 0.3) is 0 Å². The van der Waals surface area contributed by atoms with Gasteiger partial charge in [-0.3, -0.25) is 4.79 Å². The fourth-order valence-electron chi connectivity index (χ4n) is 1.85. The molecule has 7 heteroatoms. The maximum atomic E-state index is 12.1. The number of nitrogens with zero attached hydrogens (tertiary/aromatic N) is 4. The van der Waals surface area contributed by atoms with E-state index in [9.17, 15) is 4.79 Å². The number of carbonyl (C=O) groups excluding carboxylic acids is 1.